The zero-order valence-corrected chi connectivity index (χ0v) is 9.30. The van der Waals surface area contributed by atoms with Crippen molar-refractivity contribution in [2.24, 2.45) is 0 Å². The summed E-state index contributed by atoms with van der Waals surface area (Å²) in [6, 6.07) is 8.48. The normalized spacial score (nSPS) is 10.2. The molecule has 0 unspecified atom stereocenters. The van der Waals surface area contributed by atoms with E-state index in [1.54, 1.807) is 7.11 Å². The van der Waals surface area contributed by atoms with Gasteiger partial charge < -0.3 is 14.8 Å². The van der Waals surface area contributed by atoms with Crippen molar-refractivity contribution in [3.63, 3.8) is 0 Å². The lowest BCUT2D eigenvalue weighted by Crippen LogP contribution is -2.10. The Balaban J connectivity index is 2.34. The van der Waals surface area contributed by atoms with Gasteiger partial charge in [0.2, 0.25) is 5.88 Å². The summed E-state index contributed by atoms with van der Waals surface area (Å²) in [5.74, 6) is 0.844. The highest BCUT2D eigenvalue weighted by atomic mass is 16.5. The molecule has 0 atom stereocenters. The van der Waals surface area contributed by atoms with Crippen molar-refractivity contribution in [3.05, 3.63) is 52.1 Å². The maximum Gasteiger partial charge on any atom is 0.254 e. The monoisotopic (exact) mass is 232 g/mol. The number of aromatic nitrogens is 2. The van der Waals surface area contributed by atoms with Gasteiger partial charge in [-0.1, -0.05) is 18.2 Å². The Labute approximate surface area is 97.7 Å². The fraction of sp³-hybridized carbons (Fsp3) is 0.167. The molecule has 0 aliphatic rings. The first-order chi connectivity index (χ1) is 8.19. The Hall–Kier alpha value is -2.30. The number of para-hydroxylation sites is 1. The van der Waals surface area contributed by atoms with E-state index in [0.29, 0.717) is 12.2 Å². The lowest BCUT2D eigenvalue weighted by molar-refractivity contribution is 0.410. The van der Waals surface area contributed by atoms with Crippen molar-refractivity contribution < 1.29 is 9.84 Å². The number of nitrogens with one attached hydrogen (secondary N) is 1. The van der Waals surface area contributed by atoms with Crippen LogP contribution in [0.1, 0.15) is 11.4 Å². The highest BCUT2D eigenvalue weighted by Gasteiger charge is 2.06. The average Bonchev–Trinajstić information content (AvgIpc) is 2.28. The van der Waals surface area contributed by atoms with E-state index in [1.165, 1.54) is 0 Å². The van der Waals surface area contributed by atoms with E-state index < -0.39 is 0 Å². The van der Waals surface area contributed by atoms with Crippen LogP contribution in [-0.4, -0.2) is 22.2 Å². The van der Waals surface area contributed by atoms with Crippen LogP contribution < -0.4 is 10.3 Å². The Bertz CT molecular complexity index is 578. The first kappa shape index (κ1) is 11.2. The minimum atomic E-state index is -0.373. The first-order valence-electron chi connectivity index (χ1n) is 5.10. The number of ether oxygens (including phenoxy) is 1. The molecule has 17 heavy (non-hydrogen) atoms. The topological polar surface area (TPSA) is 75.2 Å². The molecule has 1 aromatic heterocycles. The molecule has 0 bridgehead atoms. The molecule has 0 radical (unpaired) electrons. The van der Waals surface area contributed by atoms with Crippen molar-refractivity contribution in [1.82, 2.24) is 9.97 Å². The van der Waals surface area contributed by atoms with Crippen LogP contribution in [0.15, 0.2) is 35.1 Å². The van der Waals surface area contributed by atoms with Gasteiger partial charge in [-0.3, -0.25) is 4.79 Å². The summed E-state index contributed by atoms with van der Waals surface area (Å²) in [5, 5.41) is 9.24. The second kappa shape index (κ2) is 4.69. The third-order valence-corrected chi connectivity index (χ3v) is 2.33. The number of aromatic amines is 1. The molecule has 0 amide bonds. The fourth-order valence-electron chi connectivity index (χ4n) is 1.61. The summed E-state index contributed by atoms with van der Waals surface area (Å²) in [6.45, 7) is 0. The summed E-state index contributed by atoms with van der Waals surface area (Å²) in [6.07, 6.45) is 0.396. The highest BCUT2D eigenvalue weighted by molar-refractivity contribution is 5.35. The van der Waals surface area contributed by atoms with Gasteiger partial charge in [0.1, 0.15) is 11.6 Å². The predicted octanol–water partition coefficient (Wildman–Crippen LogP) is 1.07. The third-order valence-electron chi connectivity index (χ3n) is 2.33. The molecule has 0 aliphatic heterocycles. The largest absolute Gasteiger partial charge is 0.496 e. The molecular formula is C12H12N2O3. The van der Waals surface area contributed by atoms with Crippen molar-refractivity contribution in [1.29, 1.82) is 0 Å². The Morgan fingerprint density at radius 3 is 2.88 bits per heavy atom. The number of nitrogens with zero attached hydrogens (tertiary/aromatic N) is 1. The van der Waals surface area contributed by atoms with Crippen molar-refractivity contribution in [3.8, 4) is 11.6 Å². The van der Waals surface area contributed by atoms with Crippen LogP contribution >= 0.6 is 0 Å². The van der Waals surface area contributed by atoms with Crippen molar-refractivity contribution in [2.75, 3.05) is 7.11 Å². The van der Waals surface area contributed by atoms with E-state index >= 15 is 0 Å². The van der Waals surface area contributed by atoms with E-state index in [9.17, 15) is 9.90 Å². The zero-order chi connectivity index (χ0) is 12.3. The van der Waals surface area contributed by atoms with Crippen LogP contribution in [0.25, 0.3) is 0 Å². The molecule has 5 heteroatoms. The Kier molecular flexibility index (Phi) is 3.09. The minimum Gasteiger partial charge on any atom is -0.496 e. The Morgan fingerprint density at radius 2 is 2.18 bits per heavy atom. The van der Waals surface area contributed by atoms with E-state index in [2.05, 4.69) is 9.97 Å². The molecule has 0 fully saturated rings. The van der Waals surface area contributed by atoms with Gasteiger partial charge in [-0.25, -0.2) is 0 Å². The number of hydrogen-bond donors (Lipinski definition) is 2. The lowest BCUT2D eigenvalue weighted by Gasteiger charge is -2.07. The first-order valence-corrected chi connectivity index (χ1v) is 5.10. The second-order valence-corrected chi connectivity index (χ2v) is 3.54. The molecule has 2 aromatic rings. The van der Waals surface area contributed by atoms with Crippen LogP contribution in [-0.2, 0) is 6.42 Å². The molecule has 1 aromatic carbocycles. The van der Waals surface area contributed by atoms with E-state index in [0.717, 1.165) is 17.4 Å². The van der Waals surface area contributed by atoms with Gasteiger partial charge in [0.15, 0.2) is 0 Å². The fourth-order valence-corrected chi connectivity index (χ4v) is 1.61. The van der Waals surface area contributed by atoms with E-state index in [4.69, 9.17) is 4.74 Å². The average molecular weight is 232 g/mol. The molecule has 5 nitrogen and oxygen atoms in total. The van der Waals surface area contributed by atoms with Gasteiger partial charge in [0.05, 0.1) is 13.2 Å². The number of H-pyrrole nitrogens is 1. The summed E-state index contributed by atoms with van der Waals surface area (Å²) in [4.78, 5) is 17.6. The van der Waals surface area contributed by atoms with Crippen LogP contribution in [0.2, 0.25) is 0 Å². The highest BCUT2D eigenvalue weighted by Crippen LogP contribution is 2.19. The van der Waals surface area contributed by atoms with Gasteiger partial charge >= 0.3 is 0 Å². The maximum absolute atomic E-state index is 11.2. The number of hydrogen-bond acceptors (Lipinski definition) is 4. The minimum absolute atomic E-state index is 0.279. The van der Waals surface area contributed by atoms with Gasteiger partial charge in [0.25, 0.3) is 5.56 Å². The molecular weight excluding hydrogens is 220 g/mol. The Morgan fingerprint density at radius 1 is 1.41 bits per heavy atom. The number of aromatic hydroxyl groups is 1. The molecule has 0 saturated carbocycles. The second-order valence-electron chi connectivity index (χ2n) is 3.54. The van der Waals surface area contributed by atoms with E-state index in [1.807, 2.05) is 24.3 Å². The molecule has 2 rings (SSSR count). The van der Waals surface area contributed by atoms with Crippen LogP contribution in [0.3, 0.4) is 0 Å². The lowest BCUT2D eigenvalue weighted by atomic mass is 10.1. The van der Waals surface area contributed by atoms with Crippen molar-refractivity contribution in [2.45, 2.75) is 6.42 Å². The third kappa shape index (κ3) is 2.63. The molecule has 0 saturated heterocycles. The molecule has 2 N–H and O–H groups in total. The van der Waals surface area contributed by atoms with Gasteiger partial charge in [-0.15, -0.1) is 0 Å². The SMILES string of the molecule is COc1ccccc1Cc1nc(O)cc(=O)[nH]1. The maximum atomic E-state index is 11.2. The van der Waals surface area contributed by atoms with Crippen LogP contribution in [0.4, 0.5) is 0 Å². The van der Waals surface area contributed by atoms with Crippen LogP contribution in [0.5, 0.6) is 11.6 Å². The molecule has 0 spiro atoms. The summed E-state index contributed by atoms with van der Waals surface area (Å²) in [7, 11) is 1.58. The summed E-state index contributed by atoms with van der Waals surface area (Å²) >= 11 is 0. The molecule has 0 aliphatic carbocycles. The van der Waals surface area contributed by atoms with Gasteiger partial charge in [0, 0.05) is 12.0 Å². The standard InChI is InChI=1S/C12H12N2O3/c1-17-9-5-3-2-4-8(9)6-10-13-11(15)7-12(16)14-10/h2-5,7H,6H2,1H3,(H2,13,14,15,16). The van der Waals surface area contributed by atoms with Crippen molar-refractivity contribution >= 4 is 0 Å². The predicted molar refractivity (Wildman–Crippen MR) is 62.3 cm³/mol. The number of benzene rings is 1. The van der Waals surface area contributed by atoms with Gasteiger partial charge in [-0.2, -0.15) is 4.98 Å². The smallest absolute Gasteiger partial charge is 0.254 e. The quantitative estimate of drug-likeness (QED) is 0.830. The number of rotatable bonds is 3. The zero-order valence-electron chi connectivity index (χ0n) is 9.30. The summed E-state index contributed by atoms with van der Waals surface area (Å²) < 4.78 is 5.20. The van der Waals surface area contributed by atoms with E-state index in [-0.39, 0.29) is 11.4 Å². The van der Waals surface area contributed by atoms with Crippen LogP contribution in [0, 0.1) is 0 Å². The summed E-state index contributed by atoms with van der Waals surface area (Å²) in [5.41, 5.74) is 0.520. The molecule has 1 heterocycles. The van der Waals surface area contributed by atoms with Gasteiger partial charge in [-0.05, 0) is 6.07 Å². The number of methoxy groups -OCH3 is 1. The molecule has 88 valence electrons.